The number of carbonyl (C=O) groups excluding carboxylic acids is 1. The Morgan fingerprint density at radius 3 is 2.29 bits per heavy atom. The van der Waals surface area contributed by atoms with E-state index >= 15 is 0 Å². The van der Waals surface area contributed by atoms with Crippen molar-refractivity contribution < 1.29 is 43.9 Å². The summed E-state index contributed by atoms with van der Waals surface area (Å²) in [6.07, 6.45) is -8.68. The van der Waals surface area contributed by atoms with Crippen LogP contribution in [0.1, 0.15) is 35.3 Å². The third-order valence-corrected chi connectivity index (χ3v) is 7.83. The average Bonchev–Trinajstić information content (AvgIpc) is 3.21. The van der Waals surface area contributed by atoms with Crippen LogP contribution >= 0.6 is 0 Å². The number of amides is 1. The Labute approximate surface area is 228 Å². The molecule has 0 spiro atoms. The molecule has 3 N–H and O–H groups in total. The zero-order valence-corrected chi connectivity index (χ0v) is 22.0. The van der Waals surface area contributed by atoms with Crippen LogP contribution in [0, 0.1) is 5.82 Å². The highest BCUT2D eigenvalue weighted by Crippen LogP contribution is 2.39. The van der Waals surface area contributed by atoms with Gasteiger partial charge in [0.15, 0.2) is 0 Å². The van der Waals surface area contributed by atoms with E-state index in [1.54, 1.807) is 6.92 Å². The largest absolute Gasteiger partial charge is 0.416 e. The van der Waals surface area contributed by atoms with Gasteiger partial charge in [0.1, 0.15) is 16.8 Å². The van der Waals surface area contributed by atoms with Crippen molar-refractivity contribution in [3.8, 4) is 17.1 Å². The predicted octanol–water partition coefficient (Wildman–Crippen LogP) is 5.74. The normalized spacial score (nSPS) is 13.5. The Morgan fingerprint density at radius 1 is 1.07 bits per heavy atom. The Kier molecular flexibility index (Phi) is 7.64. The highest BCUT2D eigenvalue weighted by Gasteiger charge is 2.39. The first-order chi connectivity index (χ1) is 19.0. The van der Waals surface area contributed by atoms with Gasteiger partial charge in [0.05, 0.1) is 28.0 Å². The van der Waals surface area contributed by atoms with Gasteiger partial charge >= 0.3 is 12.4 Å². The minimum absolute atomic E-state index is 0.0428. The van der Waals surface area contributed by atoms with Crippen LogP contribution in [0.3, 0.4) is 0 Å². The van der Waals surface area contributed by atoms with Crippen molar-refractivity contribution >= 4 is 26.8 Å². The summed E-state index contributed by atoms with van der Waals surface area (Å²) < 4.78 is 122. The minimum Gasteiger partial charge on any atom is -0.366 e. The molecule has 7 nitrogen and oxygen atoms in total. The molecule has 1 atom stereocenters. The number of hydrogen-bond donors (Lipinski definition) is 2. The van der Waals surface area contributed by atoms with Gasteiger partial charge in [-0.2, -0.15) is 31.1 Å². The van der Waals surface area contributed by atoms with Gasteiger partial charge in [0.2, 0.25) is 10.0 Å². The van der Waals surface area contributed by atoms with Crippen LogP contribution < -0.4 is 10.5 Å². The molecule has 0 aliphatic carbocycles. The summed E-state index contributed by atoms with van der Waals surface area (Å²) >= 11 is 0. The van der Waals surface area contributed by atoms with Gasteiger partial charge in [-0.1, -0.05) is 13.0 Å². The number of sulfonamides is 1. The molecule has 15 heteroatoms. The topological polar surface area (TPSA) is 107 Å². The number of pyridine rings is 1. The molecular weight excluding hydrogens is 581 g/mol. The molecule has 0 bridgehead atoms. The fourth-order valence-electron chi connectivity index (χ4n) is 4.25. The molecule has 0 aliphatic heterocycles. The number of aryl methyl sites for hydroxylation is 1. The van der Waals surface area contributed by atoms with Gasteiger partial charge in [-0.15, -0.1) is 0 Å². The molecule has 2 aromatic heterocycles. The molecule has 2 heterocycles. The lowest BCUT2D eigenvalue weighted by atomic mass is 10.0. The van der Waals surface area contributed by atoms with E-state index in [2.05, 4.69) is 4.98 Å². The van der Waals surface area contributed by atoms with E-state index < -0.39 is 50.6 Å². The Hall–Kier alpha value is -3.98. The summed E-state index contributed by atoms with van der Waals surface area (Å²) in [5.41, 5.74) is 4.14. The summed E-state index contributed by atoms with van der Waals surface area (Å²) in [6.45, 7) is 2.25. The summed E-state index contributed by atoms with van der Waals surface area (Å²) in [6, 6.07) is 5.96. The molecule has 2 aromatic carbocycles. The van der Waals surface area contributed by atoms with Crippen LogP contribution in [-0.4, -0.2) is 36.1 Å². The van der Waals surface area contributed by atoms with Gasteiger partial charge < -0.3 is 10.3 Å². The number of nitrogens with zero attached hydrogens (tertiary/aromatic N) is 2. The average molecular weight is 603 g/mol. The molecule has 0 unspecified atom stereocenters. The number of nitrogens with one attached hydrogen (secondary N) is 1. The number of nitrogens with two attached hydrogens (primary N) is 1. The van der Waals surface area contributed by atoms with Crippen LogP contribution in [0.4, 0.5) is 30.7 Å². The SMILES string of the molecule is CCc1cc2c(cc1F)c(C(N)=O)c(-c1ccc(S(=O)(=O)N[C@@H](C)C(F)(F)F)cn1)n2-c1cccc(C(F)(F)F)c1. The Morgan fingerprint density at radius 2 is 1.76 bits per heavy atom. The molecule has 41 heavy (non-hydrogen) atoms. The Balaban J connectivity index is 2.00. The number of aromatic nitrogens is 2. The third kappa shape index (κ3) is 5.77. The maximum atomic E-state index is 14.8. The lowest BCUT2D eigenvalue weighted by Gasteiger charge is -2.17. The summed E-state index contributed by atoms with van der Waals surface area (Å²) in [5, 5.41) is -0.0428. The highest BCUT2D eigenvalue weighted by atomic mass is 32.2. The van der Waals surface area contributed by atoms with Crippen molar-refractivity contribution in [3.63, 3.8) is 0 Å². The van der Waals surface area contributed by atoms with Crippen LogP contribution in [0.5, 0.6) is 0 Å². The molecule has 0 fully saturated rings. The van der Waals surface area contributed by atoms with Crippen LogP contribution in [-0.2, 0) is 22.6 Å². The zero-order valence-electron chi connectivity index (χ0n) is 21.2. The molecule has 4 aromatic rings. The first-order valence-electron chi connectivity index (χ1n) is 11.9. The van der Waals surface area contributed by atoms with Gasteiger partial charge in [0.25, 0.3) is 5.91 Å². The number of rotatable bonds is 7. The van der Waals surface area contributed by atoms with Gasteiger partial charge in [-0.25, -0.2) is 12.8 Å². The maximum absolute atomic E-state index is 14.8. The fourth-order valence-corrected chi connectivity index (χ4v) is 5.42. The lowest BCUT2D eigenvalue weighted by Crippen LogP contribution is -2.42. The van der Waals surface area contributed by atoms with Crippen LogP contribution in [0.15, 0.2) is 59.6 Å². The van der Waals surface area contributed by atoms with Crippen molar-refractivity contribution in [2.24, 2.45) is 5.73 Å². The van der Waals surface area contributed by atoms with Gasteiger partial charge in [0, 0.05) is 17.3 Å². The molecule has 0 radical (unpaired) electrons. The predicted molar refractivity (Wildman–Crippen MR) is 135 cm³/mol. The Bertz CT molecular complexity index is 1750. The monoisotopic (exact) mass is 602 g/mol. The van der Waals surface area contributed by atoms with Gasteiger partial charge in [-0.05, 0) is 61.4 Å². The number of halogens is 7. The first kappa shape index (κ1) is 30.0. The molecule has 0 saturated carbocycles. The molecule has 218 valence electrons. The fraction of sp³-hybridized carbons (Fsp3) is 0.231. The number of hydrogen-bond acceptors (Lipinski definition) is 4. The molecule has 4 rings (SSSR count). The summed E-state index contributed by atoms with van der Waals surface area (Å²) in [4.78, 5) is 16.0. The number of alkyl halides is 6. The highest BCUT2D eigenvalue weighted by molar-refractivity contribution is 7.89. The van der Waals surface area contributed by atoms with E-state index in [1.807, 2.05) is 0 Å². The zero-order chi connectivity index (χ0) is 30.5. The lowest BCUT2D eigenvalue weighted by molar-refractivity contribution is -0.147. The second-order valence-corrected chi connectivity index (χ2v) is 10.8. The number of primary amides is 1. The van der Waals surface area contributed by atoms with E-state index in [4.69, 9.17) is 5.73 Å². The third-order valence-electron chi connectivity index (χ3n) is 6.31. The number of fused-ring (bicyclic) bond motifs is 1. The number of benzene rings is 2. The number of carbonyl (C=O) groups is 1. The van der Waals surface area contributed by atoms with Crippen molar-refractivity contribution in [1.82, 2.24) is 14.3 Å². The first-order valence-corrected chi connectivity index (χ1v) is 13.3. The van der Waals surface area contributed by atoms with E-state index in [1.165, 1.54) is 21.4 Å². The molecule has 1 amide bonds. The quantitative estimate of drug-likeness (QED) is 0.263. The standard InChI is InChI=1S/C26H21F7N4O3S/c1-3-14-9-21-18(11-19(14)27)22(24(34)38)23(37(21)16-6-4-5-15(10-16)26(31,32)33)20-8-7-17(12-35-20)41(39,40)36-13(2)25(28,29)30/h4-13,36H,3H2,1-2H3,(H2,34,38)/t13-/m0/s1. The van der Waals surface area contributed by atoms with Crippen molar-refractivity contribution in [3.05, 3.63) is 77.2 Å². The second kappa shape index (κ2) is 10.4. The summed E-state index contributed by atoms with van der Waals surface area (Å²) in [7, 11) is -4.70. The molecule has 0 saturated heterocycles. The van der Waals surface area contributed by atoms with E-state index in [0.29, 0.717) is 6.92 Å². The summed E-state index contributed by atoms with van der Waals surface area (Å²) in [5.74, 6) is -1.78. The van der Waals surface area contributed by atoms with Crippen LogP contribution in [0.25, 0.3) is 28.0 Å². The van der Waals surface area contributed by atoms with Crippen LogP contribution in [0.2, 0.25) is 0 Å². The van der Waals surface area contributed by atoms with E-state index in [-0.39, 0.29) is 45.5 Å². The second-order valence-electron chi connectivity index (χ2n) is 9.05. The smallest absolute Gasteiger partial charge is 0.366 e. The maximum Gasteiger partial charge on any atom is 0.416 e. The molecule has 0 aliphatic rings. The van der Waals surface area contributed by atoms with Crippen molar-refractivity contribution in [2.45, 2.75) is 43.6 Å². The minimum atomic E-state index is -4.87. The van der Waals surface area contributed by atoms with E-state index in [9.17, 15) is 43.9 Å². The van der Waals surface area contributed by atoms with Gasteiger partial charge in [-0.3, -0.25) is 9.78 Å². The molecular formula is C26H21F7N4O3S. The van der Waals surface area contributed by atoms with Crippen molar-refractivity contribution in [2.75, 3.05) is 0 Å². The van der Waals surface area contributed by atoms with Crippen molar-refractivity contribution in [1.29, 1.82) is 0 Å². The van der Waals surface area contributed by atoms with E-state index in [0.717, 1.165) is 42.6 Å².